The van der Waals surface area contributed by atoms with Crippen LogP contribution in [0.15, 0.2) is 18.6 Å². The molecular formula is C19H26BClN6. The van der Waals surface area contributed by atoms with Gasteiger partial charge in [-0.15, -0.1) is 0 Å². The zero-order chi connectivity index (χ0) is 18.8. The zero-order valence-corrected chi connectivity index (χ0v) is 16.9. The van der Waals surface area contributed by atoms with Crippen molar-refractivity contribution in [3.8, 4) is 0 Å². The Kier molecular flexibility index (Phi) is 5.48. The van der Waals surface area contributed by atoms with Crippen molar-refractivity contribution in [2.75, 3.05) is 36.0 Å². The van der Waals surface area contributed by atoms with Crippen LogP contribution in [-0.2, 0) is 0 Å². The fraction of sp³-hybridized carbons (Fsp3) is 0.579. The van der Waals surface area contributed by atoms with E-state index in [-0.39, 0.29) is 0 Å². The Hall–Kier alpha value is -1.89. The van der Waals surface area contributed by atoms with Crippen molar-refractivity contribution >= 4 is 36.7 Å². The molecule has 2 aliphatic heterocycles. The van der Waals surface area contributed by atoms with E-state index in [0.717, 1.165) is 61.1 Å². The van der Waals surface area contributed by atoms with Crippen molar-refractivity contribution in [1.82, 2.24) is 19.9 Å². The van der Waals surface area contributed by atoms with Crippen LogP contribution in [0.5, 0.6) is 0 Å². The summed E-state index contributed by atoms with van der Waals surface area (Å²) in [5.74, 6) is 4.15. The smallest absolute Gasteiger partial charge is 0.225 e. The second-order valence-electron chi connectivity index (χ2n) is 7.80. The van der Waals surface area contributed by atoms with Crippen molar-refractivity contribution in [3.63, 3.8) is 0 Å². The van der Waals surface area contributed by atoms with Crippen LogP contribution in [0.25, 0.3) is 0 Å². The number of rotatable bonds is 3. The number of anilines is 2. The highest BCUT2D eigenvalue weighted by Gasteiger charge is 2.31. The van der Waals surface area contributed by atoms with Gasteiger partial charge < -0.3 is 9.80 Å². The zero-order valence-electron chi connectivity index (χ0n) is 16.1. The minimum Gasteiger partial charge on any atom is -0.355 e. The average Bonchev–Trinajstić information content (AvgIpc) is 2.71. The van der Waals surface area contributed by atoms with E-state index in [4.69, 9.17) is 11.6 Å². The number of aryl methyl sites for hydroxylation is 1. The van der Waals surface area contributed by atoms with Gasteiger partial charge in [0.15, 0.2) is 5.82 Å². The first kappa shape index (κ1) is 18.5. The second-order valence-corrected chi connectivity index (χ2v) is 8.21. The Bertz CT molecular complexity index is 770. The van der Waals surface area contributed by atoms with Gasteiger partial charge in [0.25, 0.3) is 0 Å². The highest BCUT2D eigenvalue weighted by Crippen LogP contribution is 2.35. The Labute approximate surface area is 166 Å². The maximum Gasteiger partial charge on any atom is 0.225 e. The number of nitrogens with zero attached hydrogens (tertiary/aromatic N) is 6. The maximum atomic E-state index is 6.31. The molecule has 2 aliphatic rings. The normalized spacial score (nSPS) is 19.5. The summed E-state index contributed by atoms with van der Waals surface area (Å²) in [6.07, 6.45) is 10.4. The predicted molar refractivity (Wildman–Crippen MR) is 112 cm³/mol. The fourth-order valence-corrected chi connectivity index (χ4v) is 4.58. The van der Waals surface area contributed by atoms with Gasteiger partial charge in [-0.3, -0.25) is 0 Å². The van der Waals surface area contributed by atoms with Crippen LogP contribution in [0.3, 0.4) is 0 Å². The SMILES string of the molecule is Bc1cnc(N2CCC(C3CCN(c4nc(C)ncc4Cl)CC3)CC2)nc1. The number of aromatic nitrogens is 4. The molecule has 0 N–H and O–H groups in total. The largest absolute Gasteiger partial charge is 0.355 e. The molecule has 0 radical (unpaired) electrons. The van der Waals surface area contributed by atoms with Crippen molar-refractivity contribution in [2.45, 2.75) is 32.6 Å². The van der Waals surface area contributed by atoms with Gasteiger partial charge in [0, 0.05) is 38.6 Å². The standard InChI is InChI=1S/C19H26BClN6/c1-13-22-12-17(21)18(25-13)26-6-2-14(3-7-26)15-4-8-27(9-5-15)19-23-10-16(20)11-24-19/h10-12,14-15H,2-9,20H2,1H3. The van der Waals surface area contributed by atoms with Crippen LogP contribution < -0.4 is 15.3 Å². The van der Waals surface area contributed by atoms with Crippen molar-refractivity contribution in [1.29, 1.82) is 0 Å². The lowest BCUT2D eigenvalue weighted by Crippen LogP contribution is -2.41. The van der Waals surface area contributed by atoms with Crippen molar-refractivity contribution in [2.24, 2.45) is 11.8 Å². The first-order valence-corrected chi connectivity index (χ1v) is 10.3. The Morgan fingerprint density at radius 3 is 2.04 bits per heavy atom. The third-order valence-corrected chi connectivity index (χ3v) is 6.21. The van der Waals surface area contributed by atoms with Gasteiger partial charge in [-0.25, -0.2) is 19.9 Å². The third kappa shape index (κ3) is 4.18. The molecule has 27 heavy (non-hydrogen) atoms. The molecule has 2 aromatic rings. The molecule has 8 heteroatoms. The van der Waals surface area contributed by atoms with Gasteiger partial charge in [0.2, 0.25) is 5.95 Å². The van der Waals surface area contributed by atoms with Crippen LogP contribution in [0.1, 0.15) is 31.5 Å². The van der Waals surface area contributed by atoms with Gasteiger partial charge in [0.1, 0.15) is 18.7 Å². The van der Waals surface area contributed by atoms with Gasteiger partial charge >= 0.3 is 0 Å². The van der Waals surface area contributed by atoms with Crippen LogP contribution in [-0.4, -0.2) is 54.0 Å². The van der Waals surface area contributed by atoms with Crippen LogP contribution >= 0.6 is 11.6 Å². The molecule has 2 aromatic heterocycles. The molecule has 6 nitrogen and oxygen atoms in total. The number of piperidine rings is 2. The van der Waals surface area contributed by atoms with E-state index in [1.54, 1.807) is 6.20 Å². The molecular weight excluding hydrogens is 359 g/mol. The van der Waals surface area contributed by atoms with E-state index >= 15 is 0 Å². The van der Waals surface area contributed by atoms with E-state index in [9.17, 15) is 0 Å². The van der Waals surface area contributed by atoms with E-state index < -0.39 is 0 Å². The molecule has 0 bridgehead atoms. The van der Waals surface area contributed by atoms with Crippen molar-refractivity contribution in [3.05, 3.63) is 29.4 Å². The molecule has 142 valence electrons. The van der Waals surface area contributed by atoms with E-state index in [1.807, 2.05) is 27.2 Å². The monoisotopic (exact) mass is 384 g/mol. The molecule has 2 fully saturated rings. The van der Waals surface area contributed by atoms with Crippen molar-refractivity contribution < 1.29 is 0 Å². The molecule has 4 heterocycles. The van der Waals surface area contributed by atoms with E-state index in [0.29, 0.717) is 5.02 Å². The Morgan fingerprint density at radius 1 is 0.889 bits per heavy atom. The molecule has 4 rings (SSSR count). The first-order chi connectivity index (χ1) is 13.1. The quantitative estimate of drug-likeness (QED) is 0.750. The lowest BCUT2D eigenvalue weighted by Gasteiger charge is -2.40. The molecule has 0 aromatic carbocycles. The lowest BCUT2D eigenvalue weighted by molar-refractivity contribution is 0.232. The predicted octanol–water partition coefficient (Wildman–Crippen LogP) is 1.62. The molecule has 0 aliphatic carbocycles. The summed E-state index contributed by atoms with van der Waals surface area (Å²) in [6, 6.07) is 0. The Balaban J connectivity index is 1.30. The molecule has 0 amide bonds. The molecule has 2 saturated heterocycles. The topological polar surface area (TPSA) is 58.0 Å². The summed E-state index contributed by atoms with van der Waals surface area (Å²) in [5.41, 5.74) is 1.11. The summed E-state index contributed by atoms with van der Waals surface area (Å²) in [6.45, 7) is 6.10. The number of hydrogen-bond donors (Lipinski definition) is 0. The maximum absolute atomic E-state index is 6.31. The fourth-order valence-electron chi connectivity index (χ4n) is 4.37. The first-order valence-electron chi connectivity index (χ1n) is 9.88. The van der Waals surface area contributed by atoms with E-state index in [1.165, 1.54) is 25.7 Å². The van der Waals surface area contributed by atoms with E-state index in [2.05, 4.69) is 29.7 Å². The molecule has 0 saturated carbocycles. The van der Waals surface area contributed by atoms with Gasteiger partial charge in [0.05, 0.1) is 6.20 Å². The van der Waals surface area contributed by atoms with Gasteiger partial charge in [-0.2, -0.15) is 0 Å². The van der Waals surface area contributed by atoms with Gasteiger partial charge in [-0.1, -0.05) is 17.1 Å². The summed E-state index contributed by atoms with van der Waals surface area (Å²) in [4.78, 5) is 22.3. The number of halogens is 1. The summed E-state index contributed by atoms with van der Waals surface area (Å²) < 4.78 is 0. The van der Waals surface area contributed by atoms with Gasteiger partial charge in [-0.05, 0) is 44.4 Å². The van der Waals surface area contributed by atoms with Crippen LogP contribution in [0, 0.1) is 18.8 Å². The molecule has 0 atom stereocenters. The molecule has 0 unspecified atom stereocenters. The summed E-state index contributed by atoms with van der Waals surface area (Å²) >= 11 is 6.31. The minimum atomic E-state index is 0.658. The van der Waals surface area contributed by atoms with Crippen LogP contribution in [0.4, 0.5) is 11.8 Å². The lowest BCUT2D eigenvalue weighted by atomic mass is 9.79. The third-order valence-electron chi connectivity index (χ3n) is 5.94. The summed E-state index contributed by atoms with van der Waals surface area (Å²) in [7, 11) is 2.03. The highest BCUT2D eigenvalue weighted by molar-refractivity contribution is 6.32. The number of hydrogen-bond acceptors (Lipinski definition) is 6. The highest BCUT2D eigenvalue weighted by atomic mass is 35.5. The van der Waals surface area contributed by atoms with Crippen LogP contribution in [0.2, 0.25) is 5.02 Å². The molecule has 0 spiro atoms. The Morgan fingerprint density at radius 2 is 1.44 bits per heavy atom. The summed E-state index contributed by atoms with van der Waals surface area (Å²) in [5, 5.41) is 0.658. The second kappa shape index (κ2) is 8.01. The minimum absolute atomic E-state index is 0.658. The average molecular weight is 385 g/mol.